The second-order valence-electron chi connectivity index (χ2n) is 7.27. The molecule has 2 aromatic heterocycles. The maximum absolute atomic E-state index is 12.6. The minimum absolute atomic E-state index is 0.172. The Balaban J connectivity index is 1.45. The van der Waals surface area contributed by atoms with Crippen LogP contribution in [0.25, 0.3) is 0 Å². The monoisotopic (exact) mass is 421 g/mol. The van der Waals surface area contributed by atoms with Gasteiger partial charge in [-0.15, -0.1) is 11.3 Å². The smallest absolute Gasteiger partial charge is 0.273 e. The van der Waals surface area contributed by atoms with Gasteiger partial charge < -0.3 is 5.32 Å². The molecule has 0 aliphatic heterocycles. The molecule has 0 radical (unpaired) electrons. The normalized spacial score (nSPS) is 13.6. The molecule has 0 atom stereocenters. The van der Waals surface area contributed by atoms with Gasteiger partial charge >= 0.3 is 0 Å². The molecule has 8 heteroatoms. The van der Waals surface area contributed by atoms with E-state index in [1.807, 2.05) is 30.5 Å². The van der Waals surface area contributed by atoms with Gasteiger partial charge in [-0.1, -0.05) is 12.1 Å². The number of carbonyl (C=O) groups excluding carboxylic acids is 2. The van der Waals surface area contributed by atoms with E-state index in [1.54, 1.807) is 36.7 Å². The first-order valence-corrected chi connectivity index (χ1v) is 10.7. The van der Waals surface area contributed by atoms with E-state index in [0.29, 0.717) is 17.1 Å². The van der Waals surface area contributed by atoms with Gasteiger partial charge in [-0.3, -0.25) is 14.3 Å². The van der Waals surface area contributed by atoms with E-state index in [1.165, 1.54) is 21.5 Å². The van der Waals surface area contributed by atoms with Crippen LogP contribution in [0.2, 0.25) is 0 Å². The van der Waals surface area contributed by atoms with E-state index in [2.05, 4.69) is 20.9 Å². The van der Waals surface area contributed by atoms with Gasteiger partial charge in [0.05, 0.1) is 11.3 Å². The van der Waals surface area contributed by atoms with Gasteiger partial charge in [-0.25, -0.2) is 5.43 Å². The highest BCUT2D eigenvalue weighted by Crippen LogP contribution is 2.30. The molecule has 154 valence electrons. The van der Waals surface area contributed by atoms with Gasteiger partial charge in [-0.2, -0.15) is 10.2 Å². The van der Waals surface area contributed by atoms with Crippen LogP contribution >= 0.6 is 11.3 Å². The number of thiophene rings is 1. The van der Waals surface area contributed by atoms with Crippen molar-refractivity contribution in [3.63, 3.8) is 0 Å². The molecule has 3 aromatic rings. The maximum Gasteiger partial charge on any atom is 0.273 e. The number of anilines is 1. The van der Waals surface area contributed by atoms with Crippen molar-refractivity contribution in [2.75, 3.05) is 5.32 Å². The highest BCUT2D eigenvalue weighted by atomic mass is 32.1. The molecule has 1 aliphatic rings. The predicted molar refractivity (Wildman–Crippen MR) is 118 cm³/mol. The lowest BCUT2D eigenvalue weighted by Gasteiger charge is -2.12. The van der Waals surface area contributed by atoms with E-state index in [4.69, 9.17) is 0 Å². The molecule has 1 aromatic carbocycles. The summed E-state index contributed by atoms with van der Waals surface area (Å²) in [5.41, 5.74) is 7.18. The molecule has 0 unspecified atom stereocenters. The number of hydrogen-bond donors (Lipinski definition) is 2. The lowest BCUT2D eigenvalue weighted by atomic mass is 9.96. The molecule has 2 heterocycles. The van der Waals surface area contributed by atoms with Crippen LogP contribution in [0, 0.1) is 0 Å². The number of hydrogen-bond acceptors (Lipinski definition) is 5. The van der Waals surface area contributed by atoms with Crippen LogP contribution in [0.5, 0.6) is 0 Å². The molecule has 4 rings (SSSR count). The first kappa shape index (κ1) is 20.0. The number of nitrogens with zero attached hydrogens (tertiary/aromatic N) is 3. The van der Waals surface area contributed by atoms with Crippen LogP contribution in [0.4, 0.5) is 5.69 Å². The summed E-state index contributed by atoms with van der Waals surface area (Å²) >= 11 is 1.66. The van der Waals surface area contributed by atoms with Crippen LogP contribution in [0.1, 0.15) is 56.6 Å². The highest BCUT2D eigenvalue weighted by Gasteiger charge is 2.20. The standard InChI is InChI=1S/C22H23N5O2S/c1-14(25-26-21(28)18-13-30-20-9-4-3-8-17(18)20)15-6-5-7-16(12-15)24-22(29)19-10-11-23-27(19)2/h5-7,10-13H,3-4,8-9H2,1-2H3,(H,24,29)(H,26,28). The molecule has 7 nitrogen and oxygen atoms in total. The first-order chi connectivity index (χ1) is 14.5. The minimum atomic E-state index is -0.239. The third kappa shape index (κ3) is 4.18. The van der Waals surface area contributed by atoms with Gasteiger partial charge in [-0.05, 0) is 61.9 Å². The van der Waals surface area contributed by atoms with Crippen molar-refractivity contribution in [3.8, 4) is 0 Å². The average molecular weight is 422 g/mol. The van der Waals surface area contributed by atoms with Crippen molar-refractivity contribution >= 4 is 34.6 Å². The van der Waals surface area contributed by atoms with Crippen molar-refractivity contribution in [3.05, 3.63) is 69.2 Å². The van der Waals surface area contributed by atoms with Crippen LogP contribution in [-0.2, 0) is 19.9 Å². The molecule has 2 amide bonds. The molecular weight excluding hydrogens is 398 g/mol. The van der Waals surface area contributed by atoms with Crippen molar-refractivity contribution in [1.82, 2.24) is 15.2 Å². The van der Waals surface area contributed by atoms with Crippen molar-refractivity contribution in [1.29, 1.82) is 0 Å². The van der Waals surface area contributed by atoms with Crippen molar-refractivity contribution in [2.45, 2.75) is 32.6 Å². The lowest BCUT2D eigenvalue weighted by Crippen LogP contribution is -2.21. The minimum Gasteiger partial charge on any atom is -0.321 e. The number of amides is 2. The fraction of sp³-hybridized carbons (Fsp3) is 0.273. The second kappa shape index (κ2) is 8.62. The Labute approximate surface area is 178 Å². The summed E-state index contributed by atoms with van der Waals surface area (Å²) < 4.78 is 1.52. The summed E-state index contributed by atoms with van der Waals surface area (Å²) in [6.07, 6.45) is 5.92. The van der Waals surface area contributed by atoms with Crippen LogP contribution in [0.3, 0.4) is 0 Å². The Morgan fingerprint density at radius 3 is 2.80 bits per heavy atom. The van der Waals surface area contributed by atoms with E-state index in [0.717, 1.165) is 30.4 Å². The van der Waals surface area contributed by atoms with Gasteiger partial charge in [0.2, 0.25) is 0 Å². The van der Waals surface area contributed by atoms with Crippen LogP contribution in [-0.4, -0.2) is 27.3 Å². The molecule has 0 bridgehead atoms. The topological polar surface area (TPSA) is 88.4 Å². The zero-order chi connectivity index (χ0) is 21.1. The Morgan fingerprint density at radius 2 is 2.00 bits per heavy atom. The zero-order valence-corrected chi connectivity index (χ0v) is 17.8. The summed E-state index contributed by atoms with van der Waals surface area (Å²) in [4.78, 5) is 26.3. The maximum atomic E-state index is 12.6. The number of carbonyl (C=O) groups is 2. The molecule has 0 spiro atoms. The number of hydrazone groups is 1. The fourth-order valence-electron chi connectivity index (χ4n) is 3.56. The van der Waals surface area contributed by atoms with Gasteiger partial charge in [0.15, 0.2) is 0 Å². The van der Waals surface area contributed by atoms with E-state index in [-0.39, 0.29) is 11.8 Å². The van der Waals surface area contributed by atoms with Crippen molar-refractivity contribution < 1.29 is 9.59 Å². The second-order valence-corrected chi connectivity index (χ2v) is 8.24. The zero-order valence-electron chi connectivity index (χ0n) is 16.9. The summed E-state index contributed by atoms with van der Waals surface area (Å²) in [7, 11) is 1.72. The SMILES string of the molecule is CC(=NNC(=O)c1csc2c1CCCC2)c1cccc(NC(=O)c2ccnn2C)c1. The lowest BCUT2D eigenvalue weighted by molar-refractivity contribution is 0.0953. The third-order valence-corrected chi connectivity index (χ3v) is 6.31. The van der Waals surface area contributed by atoms with Crippen LogP contribution < -0.4 is 10.7 Å². The molecule has 0 saturated carbocycles. The quantitative estimate of drug-likeness (QED) is 0.486. The van der Waals surface area contributed by atoms with E-state index in [9.17, 15) is 9.59 Å². The summed E-state index contributed by atoms with van der Waals surface area (Å²) in [5.74, 6) is -0.410. The Hall–Kier alpha value is -3.26. The molecule has 1 aliphatic carbocycles. The number of aromatic nitrogens is 2. The van der Waals surface area contributed by atoms with Gasteiger partial charge in [0.25, 0.3) is 11.8 Å². The summed E-state index contributed by atoms with van der Waals surface area (Å²) in [5, 5.41) is 13.1. The molecule has 30 heavy (non-hydrogen) atoms. The Morgan fingerprint density at radius 1 is 1.17 bits per heavy atom. The predicted octanol–water partition coefficient (Wildman–Crippen LogP) is 3.77. The Bertz CT molecular complexity index is 1130. The van der Waals surface area contributed by atoms with Crippen molar-refractivity contribution in [2.24, 2.45) is 12.1 Å². The molecule has 0 fully saturated rings. The number of rotatable bonds is 5. The molecule has 0 saturated heterocycles. The largest absolute Gasteiger partial charge is 0.321 e. The molecular formula is C22H23N5O2S. The molecule has 2 N–H and O–H groups in total. The van der Waals surface area contributed by atoms with Gasteiger partial charge in [0, 0.05) is 29.2 Å². The van der Waals surface area contributed by atoms with Gasteiger partial charge in [0.1, 0.15) is 5.69 Å². The van der Waals surface area contributed by atoms with Crippen LogP contribution in [0.15, 0.2) is 47.0 Å². The number of benzene rings is 1. The highest BCUT2D eigenvalue weighted by molar-refractivity contribution is 7.10. The number of fused-ring (bicyclic) bond motifs is 1. The Kier molecular flexibility index (Phi) is 5.76. The van der Waals surface area contributed by atoms with E-state index < -0.39 is 0 Å². The first-order valence-electron chi connectivity index (χ1n) is 9.86. The van der Waals surface area contributed by atoms with E-state index >= 15 is 0 Å². The summed E-state index contributed by atoms with van der Waals surface area (Å²) in [6.45, 7) is 1.82. The average Bonchev–Trinajstić information content (AvgIpc) is 3.38. The third-order valence-electron chi connectivity index (χ3n) is 5.22. The number of aryl methyl sites for hydroxylation is 2. The summed E-state index contributed by atoms with van der Waals surface area (Å²) in [6, 6.07) is 9.01. The number of nitrogens with one attached hydrogen (secondary N) is 2. The fourth-order valence-corrected chi connectivity index (χ4v) is 4.68.